The maximum Gasteiger partial charge on any atom is 0.162 e. The molecule has 0 aliphatic carbocycles. The van der Waals surface area contributed by atoms with Gasteiger partial charge < -0.3 is 20.3 Å². The van der Waals surface area contributed by atoms with Crippen LogP contribution < -0.4 is 15.5 Å². The van der Waals surface area contributed by atoms with Crippen LogP contribution in [0.25, 0.3) is 0 Å². The Hall–Kier alpha value is -2.34. The highest BCUT2D eigenvalue weighted by atomic mass is 16.5. The summed E-state index contributed by atoms with van der Waals surface area (Å²) in [6.07, 6.45) is 0.964. The van der Waals surface area contributed by atoms with E-state index in [2.05, 4.69) is 60.3 Å². The Labute approximate surface area is 162 Å². The summed E-state index contributed by atoms with van der Waals surface area (Å²) in [7, 11) is 1.73. The molecule has 2 N–H and O–H groups in total. The van der Waals surface area contributed by atoms with E-state index in [-0.39, 0.29) is 6.04 Å². The van der Waals surface area contributed by atoms with Crippen LogP contribution in [-0.2, 0) is 4.74 Å². The fraction of sp³-hybridized carbons (Fsp3) is 0.524. The van der Waals surface area contributed by atoms with Crippen LogP contribution in [0.4, 0.5) is 23.0 Å². The van der Waals surface area contributed by atoms with Crippen LogP contribution in [-0.4, -0.2) is 42.8 Å². The van der Waals surface area contributed by atoms with Crippen LogP contribution in [0.2, 0.25) is 0 Å². The fourth-order valence-corrected chi connectivity index (χ4v) is 3.89. The number of hydrogen-bond donors (Lipinski definition) is 2. The molecule has 1 aromatic carbocycles. The van der Waals surface area contributed by atoms with E-state index in [1.165, 1.54) is 22.4 Å². The molecule has 3 rings (SSSR count). The average Bonchev–Trinajstić information content (AvgIpc) is 2.60. The number of nitrogens with one attached hydrogen (secondary N) is 2. The van der Waals surface area contributed by atoms with E-state index in [9.17, 15) is 0 Å². The monoisotopic (exact) mass is 369 g/mol. The lowest BCUT2D eigenvalue weighted by molar-refractivity contribution is 0.184. The van der Waals surface area contributed by atoms with E-state index in [0.717, 1.165) is 42.7 Å². The zero-order valence-electron chi connectivity index (χ0n) is 17.3. The topological polar surface area (TPSA) is 62.3 Å². The second-order valence-corrected chi connectivity index (χ2v) is 7.35. The lowest BCUT2D eigenvalue weighted by Gasteiger charge is -2.34. The standard InChI is InChI=1S/C21H31N5O/c1-7-17(12-27-6)25-20-18-21(24-16(5)23-20)26(9-8-22-18)19-14(3)10-13(2)11-15(19)4/h10-11,17,22H,7-9,12H2,1-6H3,(H,23,24,25). The molecule has 27 heavy (non-hydrogen) atoms. The van der Waals surface area contributed by atoms with E-state index < -0.39 is 0 Å². The van der Waals surface area contributed by atoms with Crippen molar-refractivity contribution < 1.29 is 4.74 Å². The van der Waals surface area contributed by atoms with Crippen LogP contribution in [0.1, 0.15) is 35.9 Å². The first-order valence-corrected chi connectivity index (χ1v) is 9.68. The van der Waals surface area contributed by atoms with Crippen LogP contribution in [0.5, 0.6) is 0 Å². The van der Waals surface area contributed by atoms with Gasteiger partial charge in [0, 0.05) is 25.9 Å². The SMILES string of the molecule is CCC(COC)Nc1nc(C)nc2c1NCCN2c1c(C)cc(C)cc1C. The number of benzene rings is 1. The Balaban J connectivity index is 2.06. The number of nitrogens with zero attached hydrogens (tertiary/aromatic N) is 3. The second kappa shape index (κ2) is 8.13. The van der Waals surface area contributed by atoms with E-state index in [0.29, 0.717) is 6.61 Å². The van der Waals surface area contributed by atoms with Crippen molar-refractivity contribution in [1.82, 2.24) is 9.97 Å². The molecular weight excluding hydrogens is 338 g/mol. The highest BCUT2D eigenvalue weighted by molar-refractivity contribution is 5.85. The first-order valence-electron chi connectivity index (χ1n) is 9.68. The van der Waals surface area contributed by atoms with Gasteiger partial charge in [-0.3, -0.25) is 0 Å². The van der Waals surface area contributed by atoms with Gasteiger partial charge in [0.2, 0.25) is 0 Å². The van der Waals surface area contributed by atoms with Gasteiger partial charge in [-0.25, -0.2) is 9.97 Å². The number of fused-ring (bicyclic) bond motifs is 1. The Morgan fingerprint density at radius 2 is 1.89 bits per heavy atom. The Kier molecular flexibility index (Phi) is 5.85. The molecule has 1 aromatic heterocycles. The molecule has 1 atom stereocenters. The normalized spacial score (nSPS) is 14.5. The molecule has 0 radical (unpaired) electrons. The minimum atomic E-state index is 0.216. The molecule has 0 saturated carbocycles. The number of methoxy groups -OCH3 is 1. The molecule has 146 valence electrons. The summed E-state index contributed by atoms with van der Waals surface area (Å²) in [5.74, 6) is 2.56. The predicted molar refractivity (Wildman–Crippen MR) is 112 cm³/mol. The third-order valence-electron chi connectivity index (χ3n) is 5.00. The van der Waals surface area contributed by atoms with Gasteiger partial charge in [-0.15, -0.1) is 0 Å². The molecule has 0 spiro atoms. The molecular formula is C21H31N5O. The summed E-state index contributed by atoms with van der Waals surface area (Å²) in [5, 5.41) is 7.05. The van der Waals surface area contributed by atoms with Crippen molar-refractivity contribution >= 4 is 23.0 Å². The van der Waals surface area contributed by atoms with Gasteiger partial charge >= 0.3 is 0 Å². The van der Waals surface area contributed by atoms with Crippen LogP contribution in [0.15, 0.2) is 12.1 Å². The maximum atomic E-state index is 5.34. The third-order valence-corrected chi connectivity index (χ3v) is 5.00. The summed E-state index contributed by atoms with van der Waals surface area (Å²) < 4.78 is 5.34. The molecule has 0 amide bonds. The number of rotatable bonds is 6. The van der Waals surface area contributed by atoms with E-state index >= 15 is 0 Å². The Morgan fingerprint density at radius 1 is 1.19 bits per heavy atom. The summed E-state index contributed by atoms with van der Waals surface area (Å²) in [5.41, 5.74) is 6.06. The van der Waals surface area contributed by atoms with Crippen molar-refractivity contribution in [2.75, 3.05) is 42.3 Å². The van der Waals surface area contributed by atoms with Gasteiger partial charge in [-0.2, -0.15) is 0 Å². The molecule has 1 unspecified atom stereocenters. The van der Waals surface area contributed by atoms with E-state index in [1.807, 2.05) is 6.92 Å². The summed E-state index contributed by atoms with van der Waals surface area (Å²) in [4.78, 5) is 11.8. The third kappa shape index (κ3) is 4.00. The zero-order chi connectivity index (χ0) is 19.6. The van der Waals surface area contributed by atoms with Crippen LogP contribution in [0.3, 0.4) is 0 Å². The van der Waals surface area contributed by atoms with Gasteiger partial charge in [0.15, 0.2) is 11.6 Å². The Morgan fingerprint density at radius 3 is 2.52 bits per heavy atom. The number of aryl methyl sites for hydroxylation is 4. The first-order chi connectivity index (χ1) is 12.9. The van der Waals surface area contributed by atoms with E-state index in [1.54, 1.807) is 7.11 Å². The molecule has 0 bridgehead atoms. The predicted octanol–water partition coefficient (Wildman–Crippen LogP) is 4.11. The molecule has 1 aliphatic rings. The summed E-state index contributed by atoms with van der Waals surface area (Å²) >= 11 is 0. The van der Waals surface area contributed by atoms with Gasteiger partial charge in [-0.05, 0) is 45.2 Å². The van der Waals surface area contributed by atoms with Crippen LogP contribution in [0, 0.1) is 27.7 Å². The number of hydrogen-bond acceptors (Lipinski definition) is 6. The Bertz CT molecular complexity index is 797. The first kappa shape index (κ1) is 19.4. The molecule has 0 saturated heterocycles. The minimum absolute atomic E-state index is 0.216. The lowest BCUT2D eigenvalue weighted by atomic mass is 10.0. The van der Waals surface area contributed by atoms with Crippen LogP contribution >= 0.6 is 0 Å². The van der Waals surface area contributed by atoms with Crippen molar-refractivity contribution in [3.8, 4) is 0 Å². The van der Waals surface area contributed by atoms with Gasteiger partial charge in [0.05, 0.1) is 12.6 Å². The van der Waals surface area contributed by atoms with Crippen molar-refractivity contribution in [3.63, 3.8) is 0 Å². The maximum absolute atomic E-state index is 5.34. The fourth-order valence-electron chi connectivity index (χ4n) is 3.89. The quantitative estimate of drug-likeness (QED) is 0.799. The van der Waals surface area contributed by atoms with Crippen molar-refractivity contribution in [2.24, 2.45) is 0 Å². The highest BCUT2D eigenvalue weighted by Crippen LogP contribution is 2.40. The molecule has 2 aromatic rings. The van der Waals surface area contributed by atoms with Crippen molar-refractivity contribution in [2.45, 2.75) is 47.1 Å². The van der Waals surface area contributed by atoms with Gasteiger partial charge in [-0.1, -0.05) is 24.6 Å². The summed E-state index contributed by atoms with van der Waals surface area (Å²) in [6, 6.07) is 4.69. The number of anilines is 4. The van der Waals surface area contributed by atoms with Crippen molar-refractivity contribution in [1.29, 1.82) is 0 Å². The zero-order valence-corrected chi connectivity index (χ0v) is 17.3. The number of aromatic nitrogens is 2. The number of ether oxygens (including phenoxy) is 1. The molecule has 6 heteroatoms. The smallest absolute Gasteiger partial charge is 0.162 e. The molecule has 1 aliphatic heterocycles. The van der Waals surface area contributed by atoms with E-state index in [4.69, 9.17) is 9.72 Å². The highest BCUT2D eigenvalue weighted by Gasteiger charge is 2.26. The molecule has 6 nitrogen and oxygen atoms in total. The summed E-state index contributed by atoms with van der Waals surface area (Å²) in [6.45, 7) is 13.0. The molecule has 2 heterocycles. The lowest BCUT2D eigenvalue weighted by Crippen LogP contribution is -2.34. The van der Waals surface area contributed by atoms with Crippen molar-refractivity contribution in [3.05, 3.63) is 34.6 Å². The van der Waals surface area contributed by atoms with Gasteiger partial charge in [0.25, 0.3) is 0 Å². The molecule has 0 fully saturated rings. The van der Waals surface area contributed by atoms with Gasteiger partial charge in [0.1, 0.15) is 11.5 Å². The largest absolute Gasteiger partial charge is 0.383 e. The second-order valence-electron chi connectivity index (χ2n) is 7.35. The average molecular weight is 370 g/mol. The minimum Gasteiger partial charge on any atom is -0.383 e.